The average Bonchev–Trinajstić information content (AvgIpc) is 3.31. The van der Waals surface area contributed by atoms with E-state index >= 15 is 0 Å². The number of piperidine rings is 1. The molecule has 2 amide bonds. The molecule has 0 bridgehead atoms. The zero-order valence-corrected chi connectivity index (χ0v) is 15.1. The normalized spacial score (nSPS) is 26.8. The van der Waals surface area contributed by atoms with E-state index in [0.29, 0.717) is 13.2 Å². The largest absolute Gasteiger partial charge is 0.385 e. The third-order valence-electron chi connectivity index (χ3n) is 6.27. The summed E-state index contributed by atoms with van der Waals surface area (Å²) in [5.41, 5.74) is -0.228. The number of carbonyl (C=O) groups is 2. The van der Waals surface area contributed by atoms with Crippen LogP contribution in [0.4, 0.5) is 0 Å². The molecule has 1 aliphatic carbocycles. The molecule has 0 aromatic rings. The van der Waals surface area contributed by atoms with Gasteiger partial charge in [-0.3, -0.25) is 9.59 Å². The minimum absolute atomic E-state index is 0.0154. The van der Waals surface area contributed by atoms with Gasteiger partial charge >= 0.3 is 0 Å². The van der Waals surface area contributed by atoms with Crippen molar-refractivity contribution in [1.82, 2.24) is 9.80 Å². The summed E-state index contributed by atoms with van der Waals surface area (Å²) in [5, 5.41) is 0. The van der Waals surface area contributed by atoms with Gasteiger partial charge in [-0.15, -0.1) is 0 Å². The molecule has 0 radical (unpaired) electrons. The smallest absolute Gasteiger partial charge is 0.228 e. The molecule has 2 aliphatic heterocycles. The van der Waals surface area contributed by atoms with Gasteiger partial charge in [-0.1, -0.05) is 12.8 Å². The summed E-state index contributed by atoms with van der Waals surface area (Å²) in [4.78, 5) is 30.0. The quantitative estimate of drug-likeness (QED) is 0.775. The van der Waals surface area contributed by atoms with Crippen molar-refractivity contribution in [3.05, 3.63) is 0 Å². The number of carbonyl (C=O) groups excluding carboxylic acids is 2. The Morgan fingerprint density at radius 3 is 2.33 bits per heavy atom. The van der Waals surface area contributed by atoms with Crippen molar-refractivity contribution in [3.8, 4) is 0 Å². The summed E-state index contributed by atoms with van der Waals surface area (Å²) >= 11 is 0. The van der Waals surface area contributed by atoms with Gasteiger partial charge in [0.25, 0.3) is 0 Å². The Hall–Kier alpha value is -1.10. The molecule has 1 saturated carbocycles. The summed E-state index contributed by atoms with van der Waals surface area (Å²) in [6, 6.07) is 0. The Kier molecular flexibility index (Phi) is 5.80. The average molecular weight is 336 g/mol. The molecule has 136 valence electrons. The highest BCUT2D eigenvalue weighted by molar-refractivity contribution is 5.85. The van der Waals surface area contributed by atoms with Crippen molar-refractivity contribution in [1.29, 1.82) is 0 Å². The van der Waals surface area contributed by atoms with Crippen LogP contribution in [0.15, 0.2) is 0 Å². The van der Waals surface area contributed by atoms with E-state index in [4.69, 9.17) is 4.74 Å². The number of hydrogen-bond acceptors (Lipinski definition) is 3. The molecule has 3 rings (SSSR count). The van der Waals surface area contributed by atoms with E-state index in [2.05, 4.69) is 0 Å². The van der Waals surface area contributed by atoms with Crippen LogP contribution in [0.5, 0.6) is 0 Å². The van der Waals surface area contributed by atoms with Crippen molar-refractivity contribution < 1.29 is 14.3 Å². The summed E-state index contributed by atoms with van der Waals surface area (Å²) in [5.74, 6) is 0.583. The number of likely N-dealkylation sites (tertiary alicyclic amines) is 2. The number of amides is 2. The van der Waals surface area contributed by atoms with E-state index in [-0.39, 0.29) is 23.1 Å². The van der Waals surface area contributed by atoms with Crippen LogP contribution in [0, 0.1) is 11.3 Å². The van der Waals surface area contributed by atoms with Gasteiger partial charge in [0.1, 0.15) is 0 Å². The lowest BCUT2D eigenvalue weighted by Crippen LogP contribution is -2.50. The Balaban J connectivity index is 1.64. The van der Waals surface area contributed by atoms with Gasteiger partial charge in [0, 0.05) is 39.9 Å². The molecule has 5 heteroatoms. The summed E-state index contributed by atoms with van der Waals surface area (Å²) in [7, 11) is 1.71. The van der Waals surface area contributed by atoms with E-state index in [1.54, 1.807) is 7.11 Å². The second kappa shape index (κ2) is 7.85. The molecule has 2 heterocycles. The highest BCUT2D eigenvalue weighted by atomic mass is 16.5. The first-order valence-corrected chi connectivity index (χ1v) is 9.73. The zero-order valence-electron chi connectivity index (χ0n) is 15.1. The first kappa shape index (κ1) is 17.7. The lowest BCUT2D eigenvalue weighted by molar-refractivity contribution is -0.147. The molecule has 1 unspecified atom stereocenters. The molecule has 1 atom stereocenters. The number of methoxy groups -OCH3 is 1. The van der Waals surface area contributed by atoms with E-state index in [0.717, 1.165) is 77.4 Å². The van der Waals surface area contributed by atoms with Crippen LogP contribution in [-0.4, -0.2) is 61.5 Å². The summed E-state index contributed by atoms with van der Waals surface area (Å²) in [6.07, 6.45) is 9.21. The van der Waals surface area contributed by atoms with Crippen molar-refractivity contribution in [2.24, 2.45) is 11.3 Å². The van der Waals surface area contributed by atoms with Crippen LogP contribution in [-0.2, 0) is 14.3 Å². The molecular formula is C19H32N2O3. The standard InChI is InChI=1S/C19H32N2O3/c1-24-14-10-19(8-2-3-9-19)18(23)21-13-6-7-16(15-21)17(22)20-11-4-5-12-20/h16H,2-15H2,1H3. The fraction of sp³-hybridized carbons (Fsp3) is 0.895. The molecule has 0 N–H and O–H groups in total. The van der Waals surface area contributed by atoms with Gasteiger partial charge in [0.2, 0.25) is 11.8 Å². The Morgan fingerprint density at radius 1 is 1.00 bits per heavy atom. The minimum atomic E-state index is -0.228. The third kappa shape index (κ3) is 3.61. The van der Waals surface area contributed by atoms with Gasteiger partial charge in [0.05, 0.1) is 11.3 Å². The Morgan fingerprint density at radius 2 is 1.67 bits per heavy atom. The SMILES string of the molecule is COCCC1(C(=O)N2CCCC(C(=O)N3CCCC3)C2)CCCC1. The number of ether oxygens (including phenoxy) is 1. The molecular weight excluding hydrogens is 304 g/mol. The monoisotopic (exact) mass is 336 g/mol. The predicted molar refractivity (Wildman–Crippen MR) is 92.5 cm³/mol. The van der Waals surface area contributed by atoms with E-state index in [1.807, 2.05) is 9.80 Å². The molecule has 3 fully saturated rings. The summed E-state index contributed by atoms with van der Waals surface area (Å²) < 4.78 is 5.26. The Bertz CT molecular complexity index is 454. The molecule has 0 spiro atoms. The molecule has 24 heavy (non-hydrogen) atoms. The zero-order chi connectivity index (χ0) is 17.0. The van der Waals surface area contributed by atoms with Crippen molar-refractivity contribution in [2.75, 3.05) is 39.9 Å². The van der Waals surface area contributed by atoms with Gasteiger partial charge in [0.15, 0.2) is 0 Å². The lowest BCUT2D eigenvalue weighted by Gasteiger charge is -2.39. The van der Waals surface area contributed by atoms with E-state index < -0.39 is 0 Å². The fourth-order valence-electron chi connectivity index (χ4n) is 4.81. The Labute approximate surface area is 145 Å². The molecule has 3 aliphatic rings. The highest BCUT2D eigenvalue weighted by Crippen LogP contribution is 2.43. The predicted octanol–water partition coefficient (Wildman–Crippen LogP) is 2.44. The van der Waals surface area contributed by atoms with Gasteiger partial charge < -0.3 is 14.5 Å². The maximum Gasteiger partial charge on any atom is 0.228 e. The highest BCUT2D eigenvalue weighted by Gasteiger charge is 2.44. The van der Waals surface area contributed by atoms with Gasteiger partial charge in [-0.25, -0.2) is 0 Å². The summed E-state index contributed by atoms with van der Waals surface area (Å²) in [6.45, 7) is 3.90. The maximum absolute atomic E-state index is 13.3. The first-order valence-electron chi connectivity index (χ1n) is 9.73. The third-order valence-corrected chi connectivity index (χ3v) is 6.27. The van der Waals surface area contributed by atoms with Crippen LogP contribution in [0.1, 0.15) is 57.8 Å². The lowest BCUT2D eigenvalue weighted by atomic mass is 9.80. The molecule has 0 aromatic heterocycles. The van der Waals surface area contributed by atoms with Gasteiger partial charge in [-0.05, 0) is 44.9 Å². The number of nitrogens with zero attached hydrogens (tertiary/aromatic N) is 2. The first-order chi connectivity index (χ1) is 11.7. The molecule has 5 nitrogen and oxygen atoms in total. The van der Waals surface area contributed by atoms with Crippen LogP contribution >= 0.6 is 0 Å². The van der Waals surface area contributed by atoms with Crippen LogP contribution in [0.2, 0.25) is 0 Å². The van der Waals surface area contributed by atoms with Crippen molar-refractivity contribution in [3.63, 3.8) is 0 Å². The van der Waals surface area contributed by atoms with Crippen molar-refractivity contribution in [2.45, 2.75) is 57.8 Å². The van der Waals surface area contributed by atoms with Crippen LogP contribution in [0.25, 0.3) is 0 Å². The van der Waals surface area contributed by atoms with E-state index in [9.17, 15) is 9.59 Å². The van der Waals surface area contributed by atoms with Gasteiger partial charge in [-0.2, -0.15) is 0 Å². The van der Waals surface area contributed by atoms with Crippen LogP contribution < -0.4 is 0 Å². The maximum atomic E-state index is 13.3. The molecule has 2 saturated heterocycles. The van der Waals surface area contributed by atoms with Crippen molar-refractivity contribution >= 4 is 11.8 Å². The van der Waals surface area contributed by atoms with Crippen LogP contribution in [0.3, 0.4) is 0 Å². The fourth-order valence-corrected chi connectivity index (χ4v) is 4.81. The number of rotatable bonds is 5. The second-order valence-corrected chi connectivity index (χ2v) is 7.85. The van der Waals surface area contributed by atoms with E-state index in [1.165, 1.54) is 0 Å². The second-order valence-electron chi connectivity index (χ2n) is 7.85. The minimum Gasteiger partial charge on any atom is -0.385 e. The topological polar surface area (TPSA) is 49.9 Å². The number of hydrogen-bond donors (Lipinski definition) is 0. The molecule has 0 aromatic carbocycles.